The average molecular weight is 182 g/mol. The van der Waals surface area contributed by atoms with Crippen molar-refractivity contribution in [1.29, 1.82) is 0 Å². The van der Waals surface area contributed by atoms with Gasteiger partial charge in [0.1, 0.15) is 0 Å². The fraction of sp³-hybridized carbons (Fsp3) is 0.700. The summed E-state index contributed by atoms with van der Waals surface area (Å²) in [5.41, 5.74) is 0. The molecule has 2 rings (SSSR count). The first-order valence-corrected chi connectivity index (χ1v) is 4.77. The van der Waals surface area contributed by atoms with E-state index in [1.807, 2.05) is 12.2 Å². The lowest BCUT2D eigenvalue weighted by Crippen LogP contribution is -2.24. The van der Waals surface area contributed by atoms with Gasteiger partial charge in [-0.3, -0.25) is 4.79 Å². The van der Waals surface area contributed by atoms with Gasteiger partial charge < -0.3 is 9.84 Å². The maximum Gasteiger partial charge on any atom is 0.309 e. The Bertz CT molecular complexity index is 247. The molecule has 2 aliphatic carbocycles. The van der Waals surface area contributed by atoms with Gasteiger partial charge in [-0.05, 0) is 13.3 Å². The molecule has 0 aromatic heterocycles. The van der Waals surface area contributed by atoms with E-state index in [9.17, 15) is 9.90 Å². The monoisotopic (exact) mass is 182 g/mol. The van der Waals surface area contributed by atoms with Gasteiger partial charge in [0, 0.05) is 11.8 Å². The van der Waals surface area contributed by atoms with Crippen LogP contribution in [0, 0.1) is 17.8 Å². The van der Waals surface area contributed by atoms with Crippen molar-refractivity contribution in [3.05, 3.63) is 12.2 Å². The minimum Gasteiger partial charge on any atom is -0.466 e. The number of carbonyl (C=O) groups is 1. The Morgan fingerprint density at radius 3 is 2.85 bits per heavy atom. The number of hydrogen-bond acceptors (Lipinski definition) is 3. The van der Waals surface area contributed by atoms with Crippen LogP contribution in [0.5, 0.6) is 0 Å². The maximum absolute atomic E-state index is 11.4. The molecule has 0 radical (unpaired) electrons. The van der Waals surface area contributed by atoms with Gasteiger partial charge in [-0.1, -0.05) is 12.2 Å². The van der Waals surface area contributed by atoms with E-state index in [0.29, 0.717) is 6.61 Å². The van der Waals surface area contributed by atoms with E-state index in [2.05, 4.69) is 0 Å². The molecule has 0 aliphatic heterocycles. The molecule has 1 fully saturated rings. The molecule has 0 amide bonds. The van der Waals surface area contributed by atoms with Crippen molar-refractivity contribution in [3.8, 4) is 0 Å². The molecular weight excluding hydrogens is 168 g/mol. The van der Waals surface area contributed by atoms with Gasteiger partial charge >= 0.3 is 5.97 Å². The van der Waals surface area contributed by atoms with Crippen LogP contribution in [-0.4, -0.2) is 23.8 Å². The van der Waals surface area contributed by atoms with Gasteiger partial charge in [-0.25, -0.2) is 0 Å². The molecule has 3 nitrogen and oxygen atoms in total. The predicted octanol–water partition coefficient (Wildman–Crippen LogP) is 0.732. The third-order valence-electron chi connectivity index (χ3n) is 2.99. The fourth-order valence-corrected chi connectivity index (χ4v) is 2.33. The summed E-state index contributed by atoms with van der Waals surface area (Å²) in [5, 5.41) is 9.65. The maximum atomic E-state index is 11.4. The lowest BCUT2D eigenvalue weighted by molar-refractivity contribution is -0.149. The number of carbonyl (C=O) groups excluding carboxylic acids is 1. The van der Waals surface area contributed by atoms with Crippen LogP contribution in [-0.2, 0) is 9.53 Å². The van der Waals surface area contributed by atoms with Crippen molar-refractivity contribution in [2.24, 2.45) is 17.8 Å². The topological polar surface area (TPSA) is 46.5 Å². The van der Waals surface area contributed by atoms with Crippen LogP contribution in [0.3, 0.4) is 0 Å². The zero-order valence-corrected chi connectivity index (χ0v) is 7.64. The first kappa shape index (κ1) is 8.75. The lowest BCUT2D eigenvalue weighted by Gasteiger charge is -2.15. The fourth-order valence-electron chi connectivity index (χ4n) is 2.33. The number of aliphatic hydroxyl groups excluding tert-OH is 1. The number of aliphatic hydroxyl groups is 1. The molecule has 0 aromatic carbocycles. The molecule has 0 saturated heterocycles. The second-order valence-electron chi connectivity index (χ2n) is 3.71. The summed E-state index contributed by atoms with van der Waals surface area (Å²) < 4.78 is 4.94. The number of rotatable bonds is 2. The van der Waals surface area contributed by atoms with Crippen molar-refractivity contribution in [2.75, 3.05) is 6.61 Å². The van der Waals surface area contributed by atoms with Gasteiger partial charge in [0.05, 0.1) is 18.6 Å². The van der Waals surface area contributed by atoms with E-state index in [-0.39, 0.29) is 29.8 Å². The van der Waals surface area contributed by atoms with Gasteiger partial charge in [-0.15, -0.1) is 0 Å². The molecule has 1 N–H and O–H groups in total. The molecule has 0 aromatic rings. The third-order valence-corrected chi connectivity index (χ3v) is 2.99. The standard InChI is InChI=1S/C10H14O3/c1-2-13-10(12)8-5-6-3-4-7(8)9(6)11/h3-4,6-9,11H,2,5H2,1H3. The SMILES string of the molecule is CCOC(=O)C1CC2C=CC1C2O. The van der Waals surface area contributed by atoms with Crippen molar-refractivity contribution in [2.45, 2.75) is 19.4 Å². The second kappa shape index (κ2) is 3.14. The molecule has 13 heavy (non-hydrogen) atoms. The molecule has 1 saturated carbocycles. The van der Waals surface area contributed by atoms with Crippen molar-refractivity contribution < 1.29 is 14.6 Å². The predicted molar refractivity (Wildman–Crippen MR) is 46.9 cm³/mol. The first-order chi connectivity index (χ1) is 6.24. The Labute approximate surface area is 77.4 Å². The van der Waals surface area contributed by atoms with E-state index in [1.165, 1.54) is 0 Å². The molecule has 2 bridgehead atoms. The van der Waals surface area contributed by atoms with E-state index < -0.39 is 0 Å². The zero-order chi connectivity index (χ0) is 9.42. The Hall–Kier alpha value is -0.830. The summed E-state index contributed by atoms with van der Waals surface area (Å²) in [5.74, 6) is -0.0770. The Morgan fingerprint density at radius 2 is 2.38 bits per heavy atom. The summed E-state index contributed by atoms with van der Waals surface area (Å²) in [4.78, 5) is 11.4. The summed E-state index contributed by atoms with van der Waals surface area (Å²) in [6, 6.07) is 0. The number of ether oxygens (including phenoxy) is 1. The second-order valence-corrected chi connectivity index (χ2v) is 3.71. The quantitative estimate of drug-likeness (QED) is 0.506. The van der Waals surface area contributed by atoms with E-state index >= 15 is 0 Å². The summed E-state index contributed by atoms with van der Waals surface area (Å²) in [6.07, 6.45) is 4.35. The zero-order valence-electron chi connectivity index (χ0n) is 7.64. The molecule has 4 unspecified atom stereocenters. The number of esters is 1. The van der Waals surface area contributed by atoms with Crippen LogP contribution >= 0.6 is 0 Å². The molecule has 0 heterocycles. The van der Waals surface area contributed by atoms with Crippen LogP contribution in [0.2, 0.25) is 0 Å². The number of fused-ring (bicyclic) bond motifs is 2. The van der Waals surface area contributed by atoms with E-state index in [0.717, 1.165) is 6.42 Å². The van der Waals surface area contributed by atoms with Crippen LogP contribution < -0.4 is 0 Å². The molecule has 2 aliphatic rings. The highest BCUT2D eigenvalue weighted by molar-refractivity contribution is 5.74. The lowest BCUT2D eigenvalue weighted by atomic mass is 9.94. The largest absolute Gasteiger partial charge is 0.466 e. The third kappa shape index (κ3) is 1.27. The van der Waals surface area contributed by atoms with Crippen LogP contribution in [0.1, 0.15) is 13.3 Å². The summed E-state index contributed by atoms with van der Waals surface area (Å²) >= 11 is 0. The Balaban J connectivity index is 2.04. The van der Waals surface area contributed by atoms with Gasteiger partial charge in [0.25, 0.3) is 0 Å². The molecular formula is C10H14O3. The highest BCUT2D eigenvalue weighted by atomic mass is 16.5. The minimum atomic E-state index is -0.352. The van der Waals surface area contributed by atoms with Gasteiger partial charge in [0.15, 0.2) is 0 Å². The average Bonchev–Trinajstić information content (AvgIpc) is 2.62. The van der Waals surface area contributed by atoms with Gasteiger partial charge in [0.2, 0.25) is 0 Å². The minimum absolute atomic E-state index is 0.00375. The normalized spacial score (nSPS) is 41.1. The number of hydrogen-bond donors (Lipinski definition) is 1. The molecule has 72 valence electrons. The summed E-state index contributed by atoms with van der Waals surface area (Å²) in [6.45, 7) is 2.23. The van der Waals surface area contributed by atoms with Gasteiger partial charge in [-0.2, -0.15) is 0 Å². The van der Waals surface area contributed by atoms with Crippen molar-refractivity contribution in [1.82, 2.24) is 0 Å². The van der Waals surface area contributed by atoms with Crippen LogP contribution in [0.15, 0.2) is 12.2 Å². The highest BCUT2D eigenvalue weighted by Gasteiger charge is 2.47. The van der Waals surface area contributed by atoms with Crippen molar-refractivity contribution in [3.63, 3.8) is 0 Å². The van der Waals surface area contributed by atoms with Crippen LogP contribution in [0.25, 0.3) is 0 Å². The first-order valence-electron chi connectivity index (χ1n) is 4.77. The smallest absolute Gasteiger partial charge is 0.309 e. The Morgan fingerprint density at radius 1 is 1.62 bits per heavy atom. The summed E-state index contributed by atoms with van der Waals surface area (Å²) in [7, 11) is 0. The van der Waals surface area contributed by atoms with Crippen LogP contribution in [0.4, 0.5) is 0 Å². The van der Waals surface area contributed by atoms with E-state index in [1.54, 1.807) is 6.92 Å². The molecule has 4 atom stereocenters. The molecule has 3 heteroatoms. The van der Waals surface area contributed by atoms with E-state index in [4.69, 9.17) is 4.74 Å². The van der Waals surface area contributed by atoms with Crippen molar-refractivity contribution >= 4 is 5.97 Å². The Kier molecular flexibility index (Phi) is 2.12. The molecule has 0 spiro atoms. The highest BCUT2D eigenvalue weighted by Crippen LogP contribution is 2.44.